The van der Waals surface area contributed by atoms with Crippen LogP contribution in [0.4, 0.5) is 6.01 Å². The summed E-state index contributed by atoms with van der Waals surface area (Å²) in [5.74, 6) is 1.84. The molecule has 2 aromatic carbocycles. The normalized spacial score (nSPS) is 10.7. The summed E-state index contributed by atoms with van der Waals surface area (Å²) in [4.78, 5) is 6.42. The first-order valence-corrected chi connectivity index (χ1v) is 7.52. The van der Waals surface area contributed by atoms with Crippen molar-refractivity contribution in [3.05, 3.63) is 42.0 Å². The molecule has 1 aromatic heterocycles. The van der Waals surface area contributed by atoms with Gasteiger partial charge in [0.2, 0.25) is 5.75 Å². The summed E-state index contributed by atoms with van der Waals surface area (Å²) in [6.45, 7) is 0.552. The molecule has 0 saturated carbocycles. The maximum Gasteiger partial charge on any atom is 0.298 e. The van der Waals surface area contributed by atoms with Crippen LogP contribution in [0.15, 0.2) is 40.8 Å². The highest BCUT2D eigenvalue weighted by Gasteiger charge is 2.18. The Morgan fingerprint density at radius 3 is 2.38 bits per heavy atom. The largest absolute Gasteiger partial charge is 0.493 e. The first-order chi connectivity index (χ1) is 11.7. The second-order valence-electron chi connectivity index (χ2n) is 5.31. The molecule has 0 unspecified atom stereocenters. The van der Waals surface area contributed by atoms with Crippen LogP contribution in [0.2, 0.25) is 0 Å². The second-order valence-corrected chi connectivity index (χ2v) is 5.31. The highest BCUT2D eigenvalue weighted by molar-refractivity contribution is 5.74. The van der Waals surface area contributed by atoms with E-state index in [1.807, 2.05) is 48.3 Å². The van der Waals surface area contributed by atoms with Gasteiger partial charge in [-0.05, 0) is 24.3 Å². The van der Waals surface area contributed by atoms with Crippen LogP contribution in [0.25, 0.3) is 11.1 Å². The highest BCUT2D eigenvalue weighted by Crippen LogP contribution is 2.40. The maximum atomic E-state index is 5.80. The number of aromatic nitrogens is 1. The molecular weight excluding hydrogens is 308 g/mol. The van der Waals surface area contributed by atoms with E-state index in [1.165, 1.54) is 0 Å². The van der Waals surface area contributed by atoms with Gasteiger partial charge in [-0.25, -0.2) is 0 Å². The van der Waals surface area contributed by atoms with E-state index in [0.29, 0.717) is 29.8 Å². The third kappa shape index (κ3) is 2.82. The SMILES string of the molecule is COc1ccc(CN(C)c2nc3ccccc3o2)c(OC)c1OC. The van der Waals surface area contributed by atoms with E-state index in [0.717, 1.165) is 16.7 Å². The molecule has 0 saturated heterocycles. The van der Waals surface area contributed by atoms with E-state index in [4.69, 9.17) is 18.6 Å². The van der Waals surface area contributed by atoms with Crippen LogP contribution >= 0.6 is 0 Å². The van der Waals surface area contributed by atoms with Crippen LogP contribution in [-0.4, -0.2) is 33.4 Å². The Kier molecular flexibility index (Phi) is 4.46. The number of anilines is 1. The van der Waals surface area contributed by atoms with Gasteiger partial charge < -0.3 is 23.5 Å². The van der Waals surface area contributed by atoms with E-state index < -0.39 is 0 Å². The van der Waals surface area contributed by atoms with Gasteiger partial charge in [0.15, 0.2) is 17.1 Å². The van der Waals surface area contributed by atoms with Crippen LogP contribution in [0.1, 0.15) is 5.56 Å². The fourth-order valence-electron chi connectivity index (χ4n) is 2.63. The minimum atomic E-state index is 0.549. The van der Waals surface area contributed by atoms with Crippen LogP contribution < -0.4 is 19.1 Å². The molecule has 6 heteroatoms. The lowest BCUT2D eigenvalue weighted by atomic mass is 10.1. The lowest BCUT2D eigenvalue weighted by molar-refractivity contribution is 0.322. The summed E-state index contributed by atoms with van der Waals surface area (Å²) in [6, 6.07) is 12.0. The van der Waals surface area contributed by atoms with Crippen molar-refractivity contribution in [3.8, 4) is 17.2 Å². The molecule has 126 valence electrons. The van der Waals surface area contributed by atoms with Crippen molar-refractivity contribution >= 4 is 17.1 Å². The van der Waals surface area contributed by atoms with Gasteiger partial charge >= 0.3 is 0 Å². The summed E-state index contributed by atoms with van der Waals surface area (Å²) in [5.41, 5.74) is 2.54. The van der Waals surface area contributed by atoms with Crippen LogP contribution in [-0.2, 0) is 6.54 Å². The lowest BCUT2D eigenvalue weighted by Crippen LogP contribution is -2.17. The third-order valence-electron chi connectivity index (χ3n) is 3.80. The highest BCUT2D eigenvalue weighted by atomic mass is 16.5. The maximum absolute atomic E-state index is 5.80. The number of benzene rings is 2. The number of para-hydroxylation sites is 2. The number of hydrogen-bond acceptors (Lipinski definition) is 6. The summed E-state index contributed by atoms with van der Waals surface area (Å²) < 4.78 is 22.1. The van der Waals surface area contributed by atoms with Gasteiger partial charge in [-0.2, -0.15) is 4.98 Å². The van der Waals surface area contributed by atoms with Gasteiger partial charge in [0, 0.05) is 12.6 Å². The molecule has 3 rings (SSSR count). The Bertz CT molecular complexity index is 811. The molecule has 0 aliphatic rings. The van der Waals surface area contributed by atoms with Gasteiger partial charge in [-0.3, -0.25) is 0 Å². The molecule has 0 bridgehead atoms. The van der Waals surface area contributed by atoms with Crippen molar-refractivity contribution in [3.63, 3.8) is 0 Å². The van der Waals surface area contributed by atoms with Crippen molar-refractivity contribution in [2.24, 2.45) is 0 Å². The van der Waals surface area contributed by atoms with Gasteiger partial charge in [-0.15, -0.1) is 0 Å². The first-order valence-electron chi connectivity index (χ1n) is 7.52. The third-order valence-corrected chi connectivity index (χ3v) is 3.80. The van der Waals surface area contributed by atoms with Crippen molar-refractivity contribution in [2.75, 3.05) is 33.3 Å². The molecule has 0 fully saturated rings. The van der Waals surface area contributed by atoms with Crippen molar-refractivity contribution in [1.29, 1.82) is 0 Å². The molecule has 0 radical (unpaired) electrons. The molecular formula is C18H20N2O4. The van der Waals surface area contributed by atoms with Gasteiger partial charge in [0.1, 0.15) is 5.52 Å². The number of hydrogen-bond donors (Lipinski definition) is 0. The fourth-order valence-corrected chi connectivity index (χ4v) is 2.63. The van der Waals surface area contributed by atoms with Crippen LogP contribution in [0, 0.1) is 0 Å². The van der Waals surface area contributed by atoms with Gasteiger partial charge in [-0.1, -0.05) is 12.1 Å². The zero-order chi connectivity index (χ0) is 17.1. The van der Waals surface area contributed by atoms with E-state index in [-0.39, 0.29) is 0 Å². The number of rotatable bonds is 6. The molecule has 0 aliphatic heterocycles. The van der Waals surface area contributed by atoms with E-state index in [9.17, 15) is 0 Å². The van der Waals surface area contributed by atoms with E-state index >= 15 is 0 Å². The number of fused-ring (bicyclic) bond motifs is 1. The van der Waals surface area contributed by atoms with Crippen molar-refractivity contribution in [2.45, 2.75) is 6.54 Å². The molecule has 24 heavy (non-hydrogen) atoms. The van der Waals surface area contributed by atoms with Crippen molar-refractivity contribution < 1.29 is 18.6 Å². The quantitative estimate of drug-likeness (QED) is 0.690. The first kappa shape index (κ1) is 16.0. The molecule has 0 aliphatic carbocycles. The summed E-state index contributed by atoms with van der Waals surface area (Å²) >= 11 is 0. The second kappa shape index (κ2) is 6.70. The average Bonchev–Trinajstić information content (AvgIpc) is 3.05. The van der Waals surface area contributed by atoms with E-state index in [2.05, 4.69) is 4.98 Å². The van der Waals surface area contributed by atoms with Crippen LogP contribution in [0.5, 0.6) is 17.2 Å². The average molecular weight is 328 g/mol. The zero-order valence-electron chi connectivity index (χ0n) is 14.2. The fraction of sp³-hybridized carbons (Fsp3) is 0.278. The number of ether oxygens (including phenoxy) is 3. The lowest BCUT2D eigenvalue weighted by Gasteiger charge is -2.19. The Balaban J connectivity index is 1.92. The molecule has 0 spiro atoms. The van der Waals surface area contributed by atoms with Gasteiger partial charge in [0.05, 0.1) is 27.9 Å². The Morgan fingerprint density at radius 2 is 1.71 bits per heavy atom. The molecule has 1 heterocycles. The summed E-state index contributed by atoms with van der Waals surface area (Å²) in [7, 11) is 6.72. The predicted molar refractivity (Wildman–Crippen MR) is 92.2 cm³/mol. The standard InChI is InChI=1S/C18H20N2O4/c1-20(18-19-13-7-5-6-8-14(13)24-18)11-12-9-10-15(21-2)17(23-4)16(12)22-3/h5-10H,11H2,1-4H3. The Hall–Kier alpha value is -2.89. The smallest absolute Gasteiger partial charge is 0.298 e. The molecule has 6 nitrogen and oxygen atoms in total. The molecule has 0 atom stereocenters. The topological polar surface area (TPSA) is 57.0 Å². The molecule has 0 amide bonds. The Morgan fingerprint density at radius 1 is 0.958 bits per heavy atom. The Labute approximate surface area is 140 Å². The van der Waals surface area contributed by atoms with Crippen molar-refractivity contribution in [1.82, 2.24) is 4.98 Å². The minimum Gasteiger partial charge on any atom is -0.493 e. The molecule has 3 aromatic rings. The van der Waals surface area contributed by atoms with Gasteiger partial charge in [0.25, 0.3) is 6.01 Å². The molecule has 0 N–H and O–H groups in total. The predicted octanol–water partition coefficient (Wildman–Crippen LogP) is 3.49. The minimum absolute atomic E-state index is 0.549. The summed E-state index contributed by atoms with van der Waals surface area (Å²) in [5, 5.41) is 0. The number of methoxy groups -OCH3 is 3. The monoisotopic (exact) mass is 328 g/mol. The van der Waals surface area contributed by atoms with Crippen LogP contribution in [0.3, 0.4) is 0 Å². The zero-order valence-corrected chi connectivity index (χ0v) is 14.2. The number of oxazole rings is 1. The summed E-state index contributed by atoms with van der Waals surface area (Å²) in [6.07, 6.45) is 0. The van der Waals surface area contributed by atoms with E-state index in [1.54, 1.807) is 21.3 Å². The number of nitrogens with zero attached hydrogens (tertiary/aromatic N) is 2.